The minimum absolute atomic E-state index is 0.0537. The molecule has 2 rings (SSSR count). The van der Waals surface area contributed by atoms with Gasteiger partial charge in [0.05, 0.1) is 0 Å². The van der Waals surface area contributed by atoms with Gasteiger partial charge in [-0.15, -0.1) is 0 Å². The minimum atomic E-state index is 0.0537. The average Bonchev–Trinajstić information content (AvgIpc) is 2.68. The Morgan fingerprint density at radius 2 is 1.60 bits per heavy atom. The monoisotopic (exact) mass is 381 g/mol. The summed E-state index contributed by atoms with van der Waals surface area (Å²) in [6, 6.07) is 0. The summed E-state index contributed by atoms with van der Waals surface area (Å²) in [5, 5.41) is 0. The third kappa shape index (κ3) is 1.97. The fourth-order valence-electron chi connectivity index (χ4n) is 1.92. The quantitative estimate of drug-likeness (QED) is 0.663. The molecule has 0 fully saturated rings. The molecular weight excluding hydrogens is 363 g/mol. The first-order valence-corrected chi connectivity index (χ1v) is 7.58. The van der Waals surface area contributed by atoms with Gasteiger partial charge < -0.3 is 0 Å². The van der Waals surface area contributed by atoms with Crippen molar-refractivity contribution in [3.8, 4) is 0 Å². The van der Waals surface area contributed by atoms with Crippen LogP contribution in [0.5, 0.6) is 0 Å². The number of hydrogen-bond acceptors (Lipinski definition) is 0. The van der Waals surface area contributed by atoms with Gasteiger partial charge in [0, 0.05) is 0 Å². The molecular formula is C14H18Pt. The van der Waals surface area contributed by atoms with E-state index in [4.69, 9.17) is 0 Å². The third-order valence-electron chi connectivity index (χ3n) is 3.21. The van der Waals surface area contributed by atoms with Crippen molar-refractivity contribution in [1.82, 2.24) is 0 Å². The number of hydrogen-bond donors (Lipinski definition) is 0. The molecule has 15 heavy (non-hydrogen) atoms. The molecule has 0 spiro atoms. The van der Waals surface area contributed by atoms with Crippen molar-refractivity contribution < 1.29 is 18.6 Å². The van der Waals surface area contributed by atoms with Crippen LogP contribution in [-0.4, -0.2) is 0 Å². The Balaban J connectivity index is 2.24. The molecule has 0 N–H and O–H groups in total. The van der Waals surface area contributed by atoms with E-state index < -0.39 is 0 Å². The SMILES string of the molecule is CC1=C(C)[C](C)([Pt][C]2(C)C=CC=C2)C=C1. The Morgan fingerprint density at radius 3 is 2.07 bits per heavy atom. The second-order valence-electron chi connectivity index (χ2n) is 4.53. The van der Waals surface area contributed by atoms with Crippen molar-refractivity contribution in [3.05, 3.63) is 47.6 Å². The molecule has 0 radical (unpaired) electrons. The van der Waals surface area contributed by atoms with Crippen molar-refractivity contribution in [2.45, 2.75) is 35.3 Å². The molecule has 0 heterocycles. The second-order valence-corrected chi connectivity index (χ2v) is 9.91. The molecule has 0 aliphatic heterocycles. The van der Waals surface area contributed by atoms with Gasteiger partial charge in [0.1, 0.15) is 0 Å². The predicted octanol–water partition coefficient (Wildman–Crippen LogP) is 4.46. The molecule has 1 unspecified atom stereocenters. The standard InChI is InChI=1S/C8H11.C6H7.Pt/c1-6-4-5-7(2)8(6)3;1-6-4-2-3-5-6;/h4-5H,1-3H3;2-5H,1H3;. The maximum absolute atomic E-state index is 2.41. The molecule has 0 bridgehead atoms. The number of allylic oxidation sites excluding steroid dienone is 8. The molecule has 0 aromatic carbocycles. The van der Waals surface area contributed by atoms with Crippen LogP contribution >= 0.6 is 0 Å². The zero-order valence-corrected chi connectivity index (χ0v) is 12.1. The van der Waals surface area contributed by atoms with Crippen LogP contribution in [0.25, 0.3) is 0 Å². The van der Waals surface area contributed by atoms with Gasteiger partial charge in [-0.05, 0) is 0 Å². The molecule has 0 aromatic rings. The van der Waals surface area contributed by atoms with Gasteiger partial charge in [-0.1, -0.05) is 0 Å². The first-order chi connectivity index (χ1) is 6.95. The first-order valence-electron chi connectivity index (χ1n) is 5.30. The van der Waals surface area contributed by atoms with Crippen LogP contribution in [0.15, 0.2) is 47.6 Å². The van der Waals surface area contributed by atoms with E-state index in [1.165, 1.54) is 5.57 Å². The Hall–Kier alpha value is -0.352. The molecule has 2 aliphatic rings. The summed E-state index contributed by atoms with van der Waals surface area (Å²) < 4.78 is 0.711. The van der Waals surface area contributed by atoms with Crippen LogP contribution in [0.2, 0.25) is 7.61 Å². The van der Waals surface area contributed by atoms with E-state index in [1.54, 1.807) is 5.57 Å². The fraction of sp³-hybridized carbons (Fsp3) is 0.429. The van der Waals surface area contributed by atoms with Gasteiger partial charge >= 0.3 is 101 Å². The summed E-state index contributed by atoms with van der Waals surface area (Å²) in [5.41, 5.74) is 3.04. The van der Waals surface area contributed by atoms with Crippen LogP contribution in [-0.2, 0) is 18.6 Å². The first kappa shape index (κ1) is 11.1. The summed E-state index contributed by atoms with van der Waals surface area (Å²) in [7, 11) is 0. The second kappa shape index (κ2) is 3.59. The van der Waals surface area contributed by atoms with E-state index >= 15 is 0 Å². The van der Waals surface area contributed by atoms with Crippen LogP contribution in [0.4, 0.5) is 0 Å². The molecule has 0 amide bonds. The predicted molar refractivity (Wildman–Crippen MR) is 62.5 cm³/mol. The van der Waals surface area contributed by atoms with Crippen molar-refractivity contribution in [2.24, 2.45) is 0 Å². The summed E-state index contributed by atoms with van der Waals surface area (Å²) in [6.45, 7) is 9.28. The van der Waals surface area contributed by atoms with Gasteiger partial charge in [-0.25, -0.2) is 0 Å². The van der Waals surface area contributed by atoms with Gasteiger partial charge in [0.2, 0.25) is 0 Å². The van der Waals surface area contributed by atoms with Crippen LogP contribution in [0.1, 0.15) is 27.7 Å². The normalized spacial score (nSPS) is 32.3. The fourth-order valence-corrected chi connectivity index (χ4v) is 6.53. The Morgan fingerprint density at radius 1 is 1.00 bits per heavy atom. The Kier molecular flexibility index (Phi) is 2.67. The zero-order valence-electron chi connectivity index (χ0n) is 9.78. The zero-order chi connectivity index (χ0) is 11.1. The Bertz CT molecular complexity index is 384. The van der Waals surface area contributed by atoms with E-state index in [9.17, 15) is 0 Å². The molecule has 0 saturated heterocycles. The Labute approximate surface area is 101 Å². The molecule has 1 heteroatoms. The van der Waals surface area contributed by atoms with Crippen LogP contribution in [0, 0.1) is 0 Å². The van der Waals surface area contributed by atoms with E-state index in [1.807, 2.05) is 0 Å². The maximum atomic E-state index is 2.41. The summed E-state index contributed by atoms with van der Waals surface area (Å²) in [6.07, 6.45) is 13.8. The van der Waals surface area contributed by atoms with Gasteiger partial charge in [-0.2, -0.15) is 0 Å². The molecule has 0 nitrogen and oxygen atoms in total. The van der Waals surface area contributed by atoms with Gasteiger partial charge in [0.25, 0.3) is 0 Å². The summed E-state index contributed by atoms with van der Waals surface area (Å²) >= 11 is 0.0537. The van der Waals surface area contributed by atoms with Crippen LogP contribution < -0.4 is 0 Å². The van der Waals surface area contributed by atoms with E-state index in [0.29, 0.717) is 7.61 Å². The summed E-state index contributed by atoms with van der Waals surface area (Å²) in [5.74, 6) is 0. The molecule has 0 aromatic heterocycles. The average molecular weight is 381 g/mol. The van der Waals surface area contributed by atoms with Crippen molar-refractivity contribution >= 4 is 0 Å². The van der Waals surface area contributed by atoms with Crippen molar-refractivity contribution in [1.29, 1.82) is 0 Å². The third-order valence-corrected chi connectivity index (χ3v) is 7.60. The number of rotatable bonds is 2. The molecule has 1 atom stereocenters. The summed E-state index contributed by atoms with van der Waals surface area (Å²) in [4.78, 5) is 0. The van der Waals surface area contributed by atoms with E-state index in [-0.39, 0.29) is 18.6 Å². The topological polar surface area (TPSA) is 0 Å². The molecule has 0 saturated carbocycles. The van der Waals surface area contributed by atoms with E-state index in [0.717, 1.165) is 0 Å². The van der Waals surface area contributed by atoms with Crippen molar-refractivity contribution in [3.63, 3.8) is 0 Å². The van der Waals surface area contributed by atoms with Gasteiger partial charge in [-0.3, -0.25) is 0 Å². The molecule has 2 aliphatic carbocycles. The van der Waals surface area contributed by atoms with Crippen LogP contribution in [0.3, 0.4) is 0 Å². The molecule has 84 valence electrons. The van der Waals surface area contributed by atoms with E-state index in [2.05, 4.69) is 64.2 Å². The van der Waals surface area contributed by atoms with Crippen molar-refractivity contribution in [2.75, 3.05) is 0 Å². The van der Waals surface area contributed by atoms with Gasteiger partial charge in [0.15, 0.2) is 0 Å².